The van der Waals surface area contributed by atoms with Crippen LogP contribution in [-0.4, -0.2) is 11.1 Å². The van der Waals surface area contributed by atoms with Crippen LogP contribution in [0.2, 0.25) is 0 Å². The van der Waals surface area contributed by atoms with E-state index in [1.807, 2.05) is 30.3 Å². The summed E-state index contributed by atoms with van der Waals surface area (Å²) >= 11 is 0. The minimum atomic E-state index is -0.750. The smallest absolute Gasteiger partial charge is 0.303 e. The predicted octanol–water partition coefficient (Wildman–Crippen LogP) is 2.43. The summed E-state index contributed by atoms with van der Waals surface area (Å²) in [6.45, 7) is 3.66. The van der Waals surface area contributed by atoms with Gasteiger partial charge in [-0.2, -0.15) is 0 Å². The van der Waals surface area contributed by atoms with Crippen LogP contribution in [-0.2, 0) is 17.6 Å². The van der Waals surface area contributed by atoms with Crippen molar-refractivity contribution >= 4 is 5.97 Å². The van der Waals surface area contributed by atoms with Gasteiger partial charge in [0.2, 0.25) is 0 Å². The Kier molecular flexibility index (Phi) is 3.92. The van der Waals surface area contributed by atoms with E-state index in [0.29, 0.717) is 6.42 Å². The van der Waals surface area contributed by atoms with E-state index in [0.717, 1.165) is 12.0 Å². The summed E-state index contributed by atoms with van der Waals surface area (Å²) in [5, 5.41) is 8.50. The molecule has 0 atom stereocenters. The van der Waals surface area contributed by atoms with Crippen molar-refractivity contribution in [1.82, 2.24) is 0 Å². The molecular weight excluding hydrogens is 176 g/mol. The van der Waals surface area contributed by atoms with Crippen LogP contribution in [0, 0.1) is 0 Å². The molecule has 0 radical (unpaired) electrons. The second-order valence-electron chi connectivity index (χ2n) is 3.20. The number of carboxylic acids is 1. The van der Waals surface area contributed by atoms with Gasteiger partial charge in [-0.3, -0.25) is 4.79 Å². The number of benzene rings is 1. The molecule has 0 aliphatic heterocycles. The minimum absolute atomic E-state index is 0.195. The molecule has 2 nitrogen and oxygen atoms in total. The molecule has 0 saturated heterocycles. The quantitative estimate of drug-likeness (QED) is 0.724. The van der Waals surface area contributed by atoms with Gasteiger partial charge in [-0.25, -0.2) is 0 Å². The Morgan fingerprint density at radius 2 is 1.86 bits per heavy atom. The molecule has 1 N–H and O–H groups in total. The van der Waals surface area contributed by atoms with E-state index in [4.69, 9.17) is 5.11 Å². The third-order valence-electron chi connectivity index (χ3n) is 2.03. The normalized spacial score (nSPS) is 9.71. The molecule has 1 rings (SSSR count). The van der Waals surface area contributed by atoms with Crippen LogP contribution in [0.25, 0.3) is 0 Å². The molecule has 0 heterocycles. The predicted molar refractivity (Wildman–Crippen MR) is 56.3 cm³/mol. The number of rotatable bonds is 5. The molecule has 1 aromatic rings. The largest absolute Gasteiger partial charge is 0.481 e. The topological polar surface area (TPSA) is 37.3 Å². The maximum Gasteiger partial charge on any atom is 0.303 e. The highest BCUT2D eigenvalue weighted by atomic mass is 16.4. The number of carbonyl (C=O) groups is 1. The summed E-state index contributed by atoms with van der Waals surface area (Å²) in [5.74, 6) is -0.750. The fourth-order valence-corrected chi connectivity index (χ4v) is 1.26. The van der Waals surface area contributed by atoms with Crippen molar-refractivity contribution < 1.29 is 9.90 Å². The first-order valence-electron chi connectivity index (χ1n) is 4.63. The third kappa shape index (κ3) is 3.44. The summed E-state index contributed by atoms with van der Waals surface area (Å²) in [6, 6.07) is 7.97. The molecule has 0 aromatic heterocycles. The van der Waals surface area contributed by atoms with Gasteiger partial charge in [0.1, 0.15) is 0 Å². The zero-order chi connectivity index (χ0) is 10.4. The first kappa shape index (κ1) is 10.5. The zero-order valence-corrected chi connectivity index (χ0v) is 8.07. The number of hydrogen-bond donors (Lipinski definition) is 1. The van der Waals surface area contributed by atoms with Crippen LogP contribution < -0.4 is 0 Å². The first-order chi connectivity index (χ1) is 6.72. The van der Waals surface area contributed by atoms with Gasteiger partial charge in [0.15, 0.2) is 0 Å². The molecule has 0 bridgehead atoms. The molecule has 0 spiro atoms. The molecule has 74 valence electrons. The molecule has 0 fully saturated rings. The standard InChI is InChI=1S/C12H14O2/c1-2-3-10-4-6-11(7-5-10)8-9-12(13)14/h2,4-7H,1,3,8-9H2,(H,13,14). The van der Waals surface area contributed by atoms with Crippen LogP contribution in [0.1, 0.15) is 17.5 Å². The van der Waals surface area contributed by atoms with Gasteiger partial charge in [-0.15, -0.1) is 6.58 Å². The maximum absolute atomic E-state index is 10.3. The average molecular weight is 190 g/mol. The van der Waals surface area contributed by atoms with Crippen molar-refractivity contribution in [3.63, 3.8) is 0 Å². The Morgan fingerprint density at radius 3 is 2.36 bits per heavy atom. The van der Waals surface area contributed by atoms with Crippen LogP contribution >= 0.6 is 0 Å². The number of aryl methyl sites for hydroxylation is 1. The minimum Gasteiger partial charge on any atom is -0.481 e. The lowest BCUT2D eigenvalue weighted by molar-refractivity contribution is -0.136. The Morgan fingerprint density at radius 1 is 1.29 bits per heavy atom. The molecular formula is C12H14O2. The lowest BCUT2D eigenvalue weighted by Crippen LogP contribution is -1.97. The van der Waals surface area contributed by atoms with Crippen LogP contribution in [0.3, 0.4) is 0 Å². The van der Waals surface area contributed by atoms with Gasteiger partial charge in [0.25, 0.3) is 0 Å². The number of allylic oxidation sites excluding steroid dienone is 1. The van der Waals surface area contributed by atoms with E-state index in [-0.39, 0.29) is 6.42 Å². The van der Waals surface area contributed by atoms with Crippen LogP contribution in [0.4, 0.5) is 0 Å². The van der Waals surface area contributed by atoms with Crippen molar-refractivity contribution in [2.75, 3.05) is 0 Å². The van der Waals surface area contributed by atoms with Crippen molar-refractivity contribution in [3.05, 3.63) is 48.0 Å². The van der Waals surface area contributed by atoms with E-state index in [1.54, 1.807) is 0 Å². The fraction of sp³-hybridized carbons (Fsp3) is 0.250. The monoisotopic (exact) mass is 190 g/mol. The van der Waals surface area contributed by atoms with Crippen LogP contribution in [0.15, 0.2) is 36.9 Å². The summed E-state index contributed by atoms with van der Waals surface area (Å²) < 4.78 is 0. The van der Waals surface area contributed by atoms with Gasteiger partial charge in [-0.1, -0.05) is 30.3 Å². The van der Waals surface area contributed by atoms with Crippen molar-refractivity contribution in [2.24, 2.45) is 0 Å². The van der Waals surface area contributed by atoms with Gasteiger partial charge >= 0.3 is 5.97 Å². The lowest BCUT2D eigenvalue weighted by atomic mass is 10.1. The molecule has 14 heavy (non-hydrogen) atoms. The molecule has 0 amide bonds. The van der Waals surface area contributed by atoms with E-state index in [1.165, 1.54) is 5.56 Å². The fourth-order valence-electron chi connectivity index (χ4n) is 1.26. The Hall–Kier alpha value is -1.57. The summed E-state index contributed by atoms with van der Waals surface area (Å²) in [7, 11) is 0. The van der Waals surface area contributed by atoms with Gasteiger partial charge in [-0.05, 0) is 24.0 Å². The maximum atomic E-state index is 10.3. The first-order valence-corrected chi connectivity index (χ1v) is 4.63. The van der Waals surface area contributed by atoms with E-state index in [9.17, 15) is 4.79 Å². The summed E-state index contributed by atoms with van der Waals surface area (Å²) in [6.07, 6.45) is 3.51. The highest BCUT2D eigenvalue weighted by Gasteiger charge is 1.98. The Bertz CT molecular complexity index is 312. The third-order valence-corrected chi connectivity index (χ3v) is 2.03. The molecule has 2 heteroatoms. The second-order valence-corrected chi connectivity index (χ2v) is 3.20. The SMILES string of the molecule is C=CCc1ccc(CCC(=O)O)cc1. The Balaban J connectivity index is 2.54. The van der Waals surface area contributed by atoms with E-state index in [2.05, 4.69) is 6.58 Å². The van der Waals surface area contributed by atoms with Gasteiger partial charge in [0, 0.05) is 6.42 Å². The van der Waals surface area contributed by atoms with Crippen LogP contribution in [0.5, 0.6) is 0 Å². The van der Waals surface area contributed by atoms with Crippen molar-refractivity contribution in [3.8, 4) is 0 Å². The Labute approximate surface area is 83.9 Å². The second kappa shape index (κ2) is 5.22. The van der Waals surface area contributed by atoms with Gasteiger partial charge < -0.3 is 5.11 Å². The van der Waals surface area contributed by atoms with Crippen molar-refractivity contribution in [1.29, 1.82) is 0 Å². The molecule has 0 aliphatic carbocycles. The zero-order valence-electron chi connectivity index (χ0n) is 8.07. The lowest BCUT2D eigenvalue weighted by Gasteiger charge is -2.00. The number of carboxylic acid groups (broad SMARTS) is 1. The van der Waals surface area contributed by atoms with Gasteiger partial charge in [0.05, 0.1) is 0 Å². The molecule has 0 saturated carbocycles. The summed E-state index contributed by atoms with van der Waals surface area (Å²) in [4.78, 5) is 10.3. The van der Waals surface area contributed by atoms with Crippen molar-refractivity contribution in [2.45, 2.75) is 19.3 Å². The molecule has 0 aliphatic rings. The number of hydrogen-bond acceptors (Lipinski definition) is 1. The van der Waals surface area contributed by atoms with E-state index < -0.39 is 5.97 Å². The molecule has 1 aromatic carbocycles. The highest BCUT2D eigenvalue weighted by Crippen LogP contribution is 2.07. The summed E-state index contributed by atoms with van der Waals surface area (Å²) in [5.41, 5.74) is 2.28. The highest BCUT2D eigenvalue weighted by molar-refractivity contribution is 5.67. The average Bonchev–Trinajstić information content (AvgIpc) is 2.17. The van der Waals surface area contributed by atoms with E-state index >= 15 is 0 Å². The molecule has 0 unspecified atom stereocenters. The number of aliphatic carboxylic acids is 1.